The van der Waals surface area contributed by atoms with Gasteiger partial charge < -0.3 is 0 Å². The lowest BCUT2D eigenvalue weighted by Gasteiger charge is -2.01. The Morgan fingerprint density at radius 1 is 1.23 bits per heavy atom. The van der Waals surface area contributed by atoms with E-state index in [1.807, 2.05) is 0 Å². The second-order valence-electron chi connectivity index (χ2n) is 3.35. The molecule has 0 saturated heterocycles. The van der Waals surface area contributed by atoms with Gasteiger partial charge in [0.25, 0.3) is 0 Å². The van der Waals surface area contributed by atoms with E-state index in [0.717, 1.165) is 18.4 Å². The Morgan fingerprint density at radius 2 is 1.85 bits per heavy atom. The molecule has 0 aromatic carbocycles. The molecule has 13 heavy (non-hydrogen) atoms. The third-order valence-electron chi connectivity index (χ3n) is 2.13. The average molecular weight is 247 g/mol. The Hall–Kier alpha value is -0.110. The van der Waals surface area contributed by atoms with Crippen molar-refractivity contribution in [1.29, 1.82) is 0 Å². The monoisotopic (exact) mass is 246 g/mol. The number of hydrogen-bond acceptors (Lipinski definition) is 1. The first kappa shape index (κ1) is 12.9. The molecule has 0 fully saturated rings. The molecule has 0 saturated carbocycles. The Labute approximate surface area is 89.7 Å². The number of allylic oxidation sites excluding steroid dienone is 1. The van der Waals surface area contributed by atoms with Gasteiger partial charge in [-0.2, -0.15) is 0 Å². The number of hydrogen-bond donors (Lipinski definition) is 0. The third kappa shape index (κ3) is 7.00. The second-order valence-corrected chi connectivity index (χ2v) is 3.81. The predicted molar refractivity (Wildman–Crippen MR) is 61.1 cm³/mol. The maximum absolute atomic E-state index is 11.0. The number of ketones is 1. The molecule has 0 bridgehead atoms. The Bertz CT molecular complexity index is 173. The molecule has 1 nitrogen and oxygen atoms in total. The molecule has 0 heterocycles. The second kappa shape index (κ2) is 8.49. The summed E-state index contributed by atoms with van der Waals surface area (Å²) in [6, 6.07) is 0. The number of carbonyl (C=O) groups excluding carboxylic acids is 1. The number of Topliss-reactive ketones (excluding diaryl/α,β-unsaturated/α-hetero) is 1. The van der Waals surface area contributed by atoms with E-state index in [4.69, 9.17) is 0 Å². The van der Waals surface area contributed by atoms with Crippen LogP contribution in [0.2, 0.25) is 0 Å². The summed E-state index contributed by atoms with van der Waals surface area (Å²) >= 11 is 3.22. The molecule has 0 spiro atoms. The van der Waals surface area contributed by atoms with Gasteiger partial charge >= 0.3 is 0 Å². The highest BCUT2D eigenvalue weighted by Gasteiger charge is 2.01. The molecule has 0 radical (unpaired) electrons. The number of halogens is 1. The molecule has 0 aliphatic heterocycles. The van der Waals surface area contributed by atoms with Crippen molar-refractivity contribution in [2.75, 3.05) is 0 Å². The lowest BCUT2D eigenvalue weighted by Crippen LogP contribution is -1.95. The molecule has 0 unspecified atom stereocenters. The van der Waals surface area contributed by atoms with Gasteiger partial charge in [-0.25, -0.2) is 0 Å². The van der Waals surface area contributed by atoms with Crippen molar-refractivity contribution in [3.63, 3.8) is 0 Å². The van der Waals surface area contributed by atoms with Gasteiger partial charge in [0.05, 0.1) is 0 Å². The Morgan fingerprint density at radius 3 is 2.31 bits per heavy atom. The SMILES string of the molecule is CCCCCCC/C(=C/Br)C(C)=O. The minimum absolute atomic E-state index is 0.187. The van der Waals surface area contributed by atoms with E-state index in [-0.39, 0.29) is 5.78 Å². The zero-order valence-corrected chi connectivity index (χ0v) is 10.2. The largest absolute Gasteiger partial charge is 0.295 e. The van der Waals surface area contributed by atoms with Gasteiger partial charge in [0.1, 0.15) is 0 Å². The molecular formula is C11H19BrO. The fourth-order valence-electron chi connectivity index (χ4n) is 1.23. The van der Waals surface area contributed by atoms with Crippen molar-refractivity contribution in [3.8, 4) is 0 Å². The van der Waals surface area contributed by atoms with Gasteiger partial charge in [-0.1, -0.05) is 48.5 Å². The molecule has 0 amide bonds. The van der Waals surface area contributed by atoms with Crippen LogP contribution in [0.4, 0.5) is 0 Å². The van der Waals surface area contributed by atoms with E-state index >= 15 is 0 Å². The van der Waals surface area contributed by atoms with Crippen LogP contribution >= 0.6 is 15.9 Å². The van der Waals surface area contributed by atoms with Crippen LogP contribution in [0.5, 0.6) is 0 Å². The van der Waals surface area contributed by atoms with Crippen molar-refractivity contribution in [2.24, 2.45) is 0 Å². The first-order valence-corrected chi connectivity index (χ1v) is 5.94. The van der Waals surface area contributed by atoms with E-state index in [9.17, 15) is 4.79 Å². The maximum Gasteiger partial charge on any atom is 0.156 e. The standard InChI is InChI=1S/C11H19BrO/c1-3-4-5-6-7-8-11(9-12)10(2)13/h9H,3-8H2,1-2H3/b11-9-. The van der Waals surface area contributed by atoms with Crippen LogP contribution in [0.25, 0.3) is 0 Å². The minimum Gasteiger partial charge on any atom is -0.295 e. The molecule has 0 aromatic rings. The summed E-state index contributed by atoms with van der Waals surface area (Å²) in [6.07, 6.45) is 7.18. The summed E-state index contributed by atoms with van der Waals surface area (Å²) in [5.41, 5.74) is 0.913. The average Bonchev–Trinajstić information content (AvgIpc) is 2.10. The predicted octanol–water partition coefficient (Wildman–Crippen LogP) is 4.21. The highest BCUT2D eigenvalue weighted by Crippen LogP contribution is 2.13. The Kier molecular flexibility index (Phi) is 8.41. The van der Waals surface area contributed by atoms with E-state index in [1.54, 1.807) is 11.9 Å². The van der Waals surface area contributed by atoms with Crippen LogP contribution in [-0.2, 0) is 4.79 Å². The topological polar surface area (TPSA) is 17.1 Å². The quantitative estimate of drug-likeness (QED) is 0.486. The van der Waals surface area contributed by atoms with Crippen molar-refractivity contribution in [1.82, 2.24) is 0 Å². The van der Waals surface area contributed by atoms with Crippen LogP contribution in [0.15, 0.2) is 10.6 Å². The Balaban J connectivity index is 3.46. The lowest BCUT2D eigenvalue weighted by molar-refractivity contribution is -0.113. The molecule has 0 rings (SSSR count). The van der Waals surface area contributed by atoms with Gasteiger partial charge in [0.15, 0.2) is 5.78 Å². The molecule has 76 valence electrons. The summed E-state index contributed by atoms with van der Waals surface area (Å²) in [5.74, 6) is 0.187. The molecule has 2 heteroatoms. The normalized spacial score (nSPS) is 11.8. The van der Waals surface area contributed by atoms with Crippen LogP contribution in [0.1, 0.15) is 52.4 Å². The van der Waals surface area contributed by atoms with Crippen molar-refractivity contribution in [2.45, 2.75) is 52.4 Å². The highest BCUT2D eigenvalue weighted by atomic mass is 79.9. The number of unbranched alkanes of at least 4 members (excludes halogenated alkanes) is 4. The lowest BCUT2D eigenvalue weighted by atomic mass is 10.0. The zero-order valence-electron chi connectivity index (χ0n) is 8.61. The molecular weight excluding hydrogens is 228 g/mol. The van der Waals surface area contributed by atoms with Gasteiger partial charge in [-0.3, -0.25) is 4.79 Å². The van der Waals surface area contributed by atoms with Gasteiger partial charge in [-0.05, 0) is 24.8 Å². The highest BCUT2D eigenvalue weighted by molar-refractivity contribution is 9.11. The zero-order chi connectivity index (χ0) is 10.1. The van der Waals surface area contributed by atoms with E-state index in [1.165, 1.54) is 25.7 Å². The van der Waals surface area contributed by atoms with Crippen molar-refractivity contribution >= 4 is 21.7 Å². The van der Waals surface area contributed by atoms with Crippen LogP contribution < -0.4 is 0 Å². The van der Waals surface area contributed by atoms with Crippen LogP contribution in [-0.4, -0.2) is 5.78 Å². The van der Waals surface area contributed by atoms with Crippen LogP contribution in [0.3, 0.4) is 0 Å². The van der Waals surface area contributed by atoms with Gasteiger partial charge in [0, 0.05) is 5.57 Å². The molecule has 0 aromatic heterocycles. The van der Waals surface area contributed by atoms with E-state index in [2.05, 4.69) is 22.9 Å². The number of carbonyl (C=O) groups is 1. The fraction of sp³-hybridized carbons (Fsp3) is 0.727. The van der Waals surface area contributed by atoms with Crippen LogP contribution in [0, 0.1) is 0 Å². The summed E-state index contributed by atoms with van der Waals surface area (Å²) in [7, 11) is 0. The van der Waals surface area contributed by atoms with Gasteiger partial charge in [0.2, 0.25) is 0 Å². The fourth-order valence-corrected chi connectivity index (χ4v) is 1.78. The first-order valence-electron chi connectivity index (χ1n) is 5.02. The molecule has 0 atom stereocenters. The third-order valence-corrected chi connectivity index (χ3v) is 2.69. The molecule has 0 N–H and O–H groups in total. The first-order chi connectivity index (χ1) is 6.22. The molecule has 0 aliphatic rings. The van der Waals surface area contributed by atoms with E-state index in [0.29, 0.717) is 0 Å². The smallest absolute Gasteiger partial charge is 0.156 e. The summed E-state index contributed by atoms with van der Waals surface area (Å²) < 4.78 is 0. The van der Waals surface area contributed by atoms with Gasteiger partial charge in [-0.15, -0.1) is 0 Å². The van der Waals surface area contributed by atoms with Crippen molar-refractivity contribution < 1.29 is 4.79 Å². The maximum atomic E-state index is 11.0. The summed E-state index contributed by atoms with van der Waals surface area (Å²) in [5, 5.41) is 0. The number of rotatable bonds is 7. The summed E-state index contributed by atoms with van der Waals surface area (Å²) in [6.45, 7) is 3.83. The molecule has 0 aliphatic carbocycles. The van der Waals surface area contributed by atoms with E-state index < -0.39 is 0 Å². The summed E-state index contributed by atoms with van der Waals surface area (Å²) in [4.78, 5) is 12.8. The minimum atomic E-state index is 0.187. The van der Waals surface area contributed by atoms with Crippen molar-refractivity contribution in [3.05, 3.63) is 10.6 Å².